The third-order valence-electron chi connectivity index (χ3n) is 5.44. The molecule has 1 fully saturated rings. The molecule has 3 atom stereocenters. The fourth-order valence-corrected chi connectivity index (χ4v) is 4.16. The Hall–Kier alpha value is -1.90. The molecule has 0 aliphatic carbocycles. The van der Waals surface area contributed by atoms with Gasteiger partial charge in [0.25, 0.3) is 0 Å². The van der Waals surface area contributed by atoms with Crippen molar-refractivity contribution in [2.75, 3.05) is 18.5 Å². The third-order valence-corrected chi connectivity index (χ3v) is 5.76. The van der Waals surface area contributed by atoms with Gasteiger partial charge >= 0.3 is 0 Å². The number of ether oxygens (including phenoxy) is 1. The predicted octanol–water partition coefficient (Wildman–Crippen LogP) is 3.66. The molecule has 178 valence electrons. The van der Waals surface area contributed by atoms with Crippen molar-refractivity contribution in [1.82, 2.24) is 5.32 Å². The van der Waals surface area contributed by atoms with Gasteiger partial charge in [0.2, 0.25) is 5.91 Å². The summed E-state index contributed by atoms with van der Waals surface area (Å²) in [6.07, 6.45) is 1.40. The second kappa shape index (κ2) is 11.8. The maximum absolute atomic E-state index is 13.2. The first kappa shape index (κ1) is 26.4. The van der Waals surface area contributed by atoms with Gasteiger partial charge in [-0.15, -0.1) is 6.58 Å². The minimum absolute atomic E-state index is 0.0485. The lowest BCUT2D eigenvalue weighted by atomic mass is 9.87. The Balaban J connectivity index is 2.14. The highest BCUT2D eigenvalue weighted by molar-refractivity contribution is 6.31. The largest absolute Gasteiger partial charge is 0.512 e. The SMILES string of the molecule is C=CC(O)/C=C(\O)CC(O)N[C@@H](C(=O)Nc1ccc(C(C)(C)C)c(Cl)c1)C1CCOCC1. The average molecular weight is 467 g/mol. The van der Waals surface area contributed by atoms with Gasteiger partial charge < -0.3 is 25.4 Å². The van der Waals surface area contributed by atoms with Crippen LogP contribution in [0.3, 0.4) is 0 Å². The van der Waals surface area contributed by atoms with Gasteiger partial charge in [-0.1, -0.05) is 44.5 Å². The van der Waals surface area contributed by atoms with Crippen molar-refractivity contribution in [3.05, 3.63) is 53.3 Å². The number of nitrogens with one attached hydrogen (secondary N) is 2. The number of anilines is 1. The first-order valence-corrected chi connectivity index (χ1v) is 11.2. The smallest absolute Gasteiger partial charge is 0.241 e. The number of halogens is 1. The van der Waals surface area contributed by atoms with Crippen LogP contribution >= 0.6 is 11.6 Å². The van der Waals surface area contributed by atoms with Crippen molar-refractivity contribution in [3.8, 4) is 0 Å². The molecule has 2 rings (SSSR count). The van der Waals surface area contributed by atoms with Crippen LogP contribution in [0.2, 0.25) is 5.02 Å². The molecule has 5 N–H and O–H groups in total. The average Bonchev–Trinajstić information content (AvgIpc) is 2.71. The van der Waals surface area contributed by atoms with Crippen LogP contribution in [0, 0.1) is 5.92 Å². The van der Waals surface area contributed by atoms with Crippen molar-refractivity contribution in [3.63, 3.8) is 0 Å². The number of rotatable bonds is 9. The molecule has 8 heteroatoms. The van der Waals surface area contributed by atoms with E-state index in [2.05, 4.69) is 38.0 Å². The van der Waals surface area contributed by atoms with Crippen LogP contribution in [-0.4, -0.2) is 52.8 Å². The maximum atomic E-state index is 13.2. The molecule has 2 unspecified atom stereocenters. The number of hydrogen-bond donors (Lipinski definition) is 5. The first-order chi connectivity index (χ1) is 15.0. The fourth-order valence-electron chi connectivity index (χ4n) is 3.69. The van der Waals surface area contributed by atoms with Crippen molar-refractivity contribution in [2.45, 2.75) is 63.8 Å². The molecule has 0 saturated carbocycles. The molecule has 0 radical (unpaired) electrons. The monoisotopic (exact) mass is 466 g/mol. The zero-order chi connectivity index (χ0) is 23.9. The van der Waals surface area contributed by atoms with Gasteiger partial charge in [-0.25, -0.2) is 0 Å². The van der Waals surface area contributed by atoms with E-state index in [1.807, 2.05) is 12.1 Å². The van der Waals surface area contributed by atoms with Crippen LogP contribution in [0.4, 0.5) is 5.69 Å². The topological polar surface area (TPSA) is 111 Å². The summed E-state index contributed by atoms with van der Waals surface area (Å²) >= 11 is 6.44. The van der Waals surface area contributed by atoms with Crippen molar-refractivity contribution in [1.29, 1.82) is 0 Å². The molecule has 1 aromatic carbocycles. The summed E-state index contributed by atoms with van der Waals surface area (Å²) in [7, 11) is 0. The Kier molecular flexibility index (Phi) is 9.73. The Morgan fingerprint density at radius 1 is 1.31 bits per heavy atom. The second-order valence-electron chi connectivity index (χ2n) is 9.13. The van der Waals surface area contributed by atoms with E-state index in [0.717, 1.165) is 5.56 Å². The molecule has 32 heavy (non-hydrogen) atoms. The summed E-state index contributed by atoms with van der Waals surface area (Å²) in [5, 5.41) is 36.3. The van der Waals surface area contributed by atoms with Crippen molar-refractivity contribution >= 4 is 23.2 Å². The highest BCUT2D eigenvalue weighted by atomic mass is 35.5. The van der Waals surface area contributed by atoms with Crippen LogP contribution < -0.4 is 10.6 Å². The lowest BCUT2D eigenvalue weighted by Crippen LogP contribution is -2.51. The summed E-state index contributed by atoms with van der Waals surface area (Å²) in [5.41, 5.74) is 1.43. The zero-order valence-corrected chi connectivity index (χ0v) is 19.7. The number of carbonyl (C=O) groups excluding carboxylic acids is 1. The van der Waals surface area contributed by atoms with Gasteiger partial charge in [0, 0.05) is 30.3 Å². The van der Waals surface area contributed by atoms with Gasteiger partial charge in [-0.3, -0.25) is 10.1 Å². The van der Waals surface area contributed by atoms with Gasteiger partial charge in [-0.2, -0.15) is 0 Å². The predicted molar refractivity (Wildman–Crippen MR) is 127 cm³/mol. The molecule has 1 amide bonds. The molecule has 0 spiro atoms. The van der Waals surface area contributed by atoms with E-state index in [1.54, 1.807) is 6.07 Å². The fraction of sp³-hybridized carbons (Fsp3) is 0.542. The van der Waals surface area contributed by atoms with E-state index in [-0.39, 0.29) is 29.4 Å². The van der Waals surface area contributed by atoms with Crippen molar-refractivity contribution in [2.24, 2.45) is 5.92 Å². The highest BCUT2D eigenvalue weighted by Gasteiger charge is 2.32. The Bertz CT molecular complexity index is 815. The molecular weight excluding hydrogens is 432 g/mol. The van der Waals surface area contributed by atoms with E-state index in [9.17, 15) is 20.1 Å². The number of benzene rings is 1. The summed E-state index contributed by atoms with van der Waals surface area (Å²) in [6.45, 7) is 10.7. The Morgan fingerprint density at radius 2 is 1.97 bits per heavy atom. The van der Waals surface area contributed by atoms with Crippen LogP contribution in [-0.2, 0) is 14.9 Å². The molecule has 1 aliphatic heterocycles. The van der Waals surface area contributed by atoms with Gasteiger partial charge in [0.05, 0.1) is 17.9 Å². The normalized spacial score (nSPS) is 18.6. The van der Waals surface area contributed by atoms with E-state index < -0.39 is 18.4 Å². The lowest BCUT2D eigenvalue weighted by Gasteiger charge is -2.32. The third kappa shape index (κ3) is 7.90. The highest BCUT2D eigenvalue weighted by Crippen LogP contribution is 2.31. The van der Waals surface area contributed by atoms with Crippen LogP contribution in [0.1, 0.15) is 45.6 Å². The molecule has 7 nitrogen and oxygen atoms in total. The lowest BCUT2D eigenvalue weighted by molar-refractivity contribution is -0.121. The number of aliphatic hydroxyl groups excluding tert-OH is 3. The maximum Gasteiger partial charge on any atom is 0.241 e. The number of amides is 1. The molecule has 1 saturated heterocycles. The minimum Gasteiger partial charge on any atom is -0.512 e. The van der Waals surface area contributed by atoms with Crippen LogP contribution in [0.15, 0.2) is 42.7 Å². The number of aliphatic hydroxyl groups is 3. The molecule has 0 bridgehead atoms. The minimum atomic E-state index is -1.19. The molecule has 0 aromatic heterocycles. The summed E-state index contributed by atoms with van der Waals surface area (Å²) in [5.74, 6) is -0.550. The van der Waals surface area contributed by atoms with Crippen LogP contribution in [0.25, 0.3) is 0 Å². The van der Waals surface area contributed by atoms with Gasteiger partial charge in [0.15, 0.2) is 0 Å². The van der Waals surface area contributed by atoms with Gasteiger partial charge in [-0.05, 0) is 47.9 Å². The van der Waals surface area contributed by atoms with E-state index in [4.69, 9.17) is 16.3 Å². The standard InChI is InChI=1S/C24H35ClN2O5/c1-5-17(28)13-18(29)14-21(30)27-22(15-8-10-32-11-9-15)23(31)26-16-6-7-19(20(25)12-16)24(2,3)4/h5-7,12-13,15,17,21-22,27-30H,1,8-11,14H2,2-4H3,(H,26,31)/b18-13-/t17?,21?,22-/m1/s1. The first-order valence-electron chi connectivity index (χ1n) is 10.8. The number of hydrogen-bond acceptors (Lipinski definition) is 6. The molecule has 1 aromatic rings. The summed E-state index contributed by atoms with van der Waals surface area (Å²) in [6, 6.07) is 4.74. The number of carbonyl (C=O) groups is 1. The van der Waals surface area contributed by atoms with E-state index >= 15 is 0 Å². The van der Waals surface area contributed by atoms with Crippen molar-refractivity contribution < 1.29 is 24.9 Å². The zero-order valence-electron chi connectivity index (χ0n) is 19.0. The molecule has 1 aliphatic rings. The summed E-state index contributed by atoms with van der Waals surface area (Å²) in [4.78, 5) is 13.2. The van der Waals surface area contributed by atoms with E-state index in [0.29, 0.717) is 36.8 Å². The van der Waals surface area contributed by atoms with Crippen LogP contribution in [0.5, 0.6) is 0 Å². The van der Waals surface area contributed by atoms with Gasteiger partial charge in [0.1, 0.15) is 6.23 Å². The van der Waals surface area contributed by atoms with E-state index in [1.165, 1.54) is 12.2 Å². The Labute approximate surface area is 195 Å². The summed E-state index contributed by atoms with van der Waals surface area (Å²) < 4.78 is 5.41. The molecule has 1 heterocycles. The molecular formula is C24H35ClN2O5. The Morgan fingerprint density at radius 3 is 2.53 bits per heavy atom. The second-order valence-corrected chi connectivity index (χ2v) is 9.54. The quantitative estimate of drug-likeness (QED) is 0.216.